The molecule has 1 aromatic carbocycles. The van der Waals surface area contributed by atoms with E-state index >= 15 is 0 Å². The Morgan fingerprint density at radius 1 is 1.19 bits per heavy atom. The number of likely N-dealkylation sites (tertiary alicyclic amines) is 1. The van der Waals surface area contributed by atoms with E-state index in [4.69, 9.17) is 0 Å². The lowest BCUT2D eigenvalue weighted by molar-refractivity contribution is 0.0934. The molecule has 4 heteroatoms. The van der Waals surface area contributed by atoms with Crippen molar-refractivity contribution in [1.29, 1.82) is 0 Å². The highest BCUT2D eigenvalue weighted by Gasteiger charge is 2.29. The van der Waals surface area contributed by atoms with Gasteiger partial charge in [-0.15, -0.1) is 0 Å². The summed E-state index contributed by atoms with van der Waals surface area (Å²) in [5, 5.41) is 3.19. The molecule has 0 bridgehead atoms. The molecule has 1 atom stereocenters. The number of nitrogens with zero attached hydrogens (tertiary/aromatic N) is 1. The third kappa shape index (κ3) is 3.86. The zero-order chi connectivity index (χ0) is 14.7. The highest BCUT2D eigenvalue weighted by molar-refractivity contribution is 9.10. The van der Waals surface area contributed by atoms with Gasteiger partial charge < -0.3 is 5.32 Å². The van der Waals surface area contributed by atoms with Gasteiger partial charge in [0.15, 0.2) is 0 Å². The Kier molecular flexibility index (Phi) is 4.96. The minimum atomic E-state index is 0.0480. The van der Waals surface area contributed by atoms with Crippen LogP contribution in [0, 0.1) is 0 Å². The van der Waals surface area contributed by atoms with Crippen molar-refractivity contribution in [2.24, 2.45) is 0 Å². The van der Waals surface area contributed by atoms with Gasteiger partial charge in [-0.05, 0) is 37.5 Å². The molecule has 0 spiro atoms. The van der Waals surface area contributed by atoms with Crippen LogP contribution >= 0.6 is 15.9 Å². The molecule has 2 fully saturated rings. The summed E-state index contributed by atoms with van der Waals surface area (Å²) in [7, 11) is 0. The molecule has 21 heavy (non-hydrogen) atoms. The van der Waals surface area contributed by atoms with E-state index in [2.05, 4.69) is 26.1 Å². The molecule has 1 heterocycles. The first-order valence-electron chi connectivity index (χ1n) is 8.03. The molecule has 1 aromatic rings. The number of hydrogen-bond donors (Lipinski definition) is 1. The molecule has 1 N–H and O–H groups in total. The molecule has 0 unspecified atom stereocenters. The van der Waals surface area contributed by atoms with Crippen LogP contribution in [0.1, 0.15) is 48.9 Å². The second kappa shape index (κ2) is 6.93. The van der Waals surface area contributed by atoms with Crippen molar-refractivity contribution < 1.29 is 4.79 Å². The zero-order valence-electron chi connectivity index (χ0n) is 12.4. The molecule has 1 saturated heterocycles. The molecular weight excluding hydrogens is 328 g/mol. The quantitative estimate of drug-likeness (QED) is 0.903. The van der Waals surface area contributed by atoms with Crippen LogP contribution in [0.2, 0.25) is 0 Å². The normalized spacial score (nSPS) is 24.1. The van der Waals surface area contributed by atoms with Crippen molar-refractivity contribution in [3.05, 3.63) is 34.3 Å². The number of benzene rings is 1. The number of carbonyl (C=O) groups is 1. The monoisotopic (exact) mass is 350 g/mol. The number of halogens is 1. The van der Waals surface area contributed by atoms with Crippen LogP contribution in [0.5, 0.6) is 0 Å². The van der Waals surface area contributed by atoms with Gasteiger partial charge in [-0.3, -0.25) is 9.69 Å². The molecule has 3 rings (SSSR count). The Morgan fingerprint density at radius 3 is 2.76 bits per heavy atom. The second-order valence-electron chi connectivity index (χ2n) is 6.26. The average molecular weight is 351 g/mol. The summed E-state index contributed by atoms with van der Waals surface area (Å²) in [6, 6.07) is 8.65. The molecular formula is C17H23BrN2O. The van der Waals surface area contributed by atoms with E-state index in [0.717, 1.165) is 35.6 Å². The van der Waals surface area contributed by atoms with E-state index < -0.39 is 0 Å². The molecule has 3 nitrogen and oxygen atoms in total. The molecule has 1 saturated carbocycles. The number of amides is 1. The molecule has 1 aliphatic heterocycles. The van der Waals surface area contributed by atoms with E-state index in [9.17, 15) is 4.79 Å². The van der Waals surface area contributed by atoms with Gasteiger partial charge in [0.25, 0.3) is 5.91 Å². The van der Waals surface area contributed by atoms with Crippen molar-refractivity contribution in [3.8, 4) is 0 Å². The molecule has 114 valence electrons. The second-order valence-corrected chi connectivity index (χ2v) is 7.17. The van der Waals surface area contributed by atoms with Gasteiger partial charge in [0, 0.05) is 35.2 Å². The van der Waals surface area contributed by atoms with Gasteiger partial charge in [-0.2, -0.15) is 0 Å². The number of nitrogens with one attached hydrogen (secondary N) is 1. The maximum Gasteiger partial charge on any atom is 0.251 e. The van der Waals surface area contributed by atoms with Gasteiger partial charge in [-0.25, -0.2) is 0 Å². The van der Waals surface area contributed by atoms with Gasteiger partial charge >= 0.3 is 0 Å². The fourth-order valence-corrected chi connectivity index (χ4v) is 3.98. The third-order valence-corrected chi connectivity index (χ3v) is 5.23. The average Bonchev–Trinajstić information content (AvgIpc) is 2.97. The Balaban J connectivity index is 1.53. The van der Waals surface area contributed by atoms with Crippen molar-refractivity contribution >= 4 is 21.8 Å². The Labute approximate surface area is 135 Å². The number of hydrogen-bond acceptors (Lipinski definition) is 2. The van der Waals surface area contributed by atoms with E-state index in [1.807, 2.05) is 24.3 Å². The van der Waals surface area contributed by atoms with Crippen LogP contribution < -0.4 is 5.32 Å². The van der Waals surface area contributed by atoms with Crippen LogP contribution in [0.25, 0.3) is 0 Å². The minimum absolute atomic E-state index is 0.0480. The Hall–Kier alpha value is -0.870. The first kappa shape index (κ1) is 15.0. The summed E-state index contributed by atoms with van der Waals surface area (Å²) in [6.07, 6.45) is 7.90. The maximum absolute atomic E-state index is 12.3. The van der Waals surface area contributed by atoms with Gasteiger partial charge in [0.2, 0.25) is 0 Å². The molecule has 1 aliphatic carbocycles. The van der Waals surface area contributed by atoms with E-state index in [1.54, 1.807) is 0 Å². The van der Waals surface area contributed by atoms with Crippen LogP contribution in [0.3, 0.4) is 0 Å². The Bertz CT molecular complexity index is 499. The van der Waals surface area contributed by atoms with E-state index in [1.165, 1.54) is 32.1 Å². The molecule has 1 amide bonds. The van der Waals surface area contributed by atoms with Crippen molar-refractivity contribution in [2.45, 2.75) is 50.6 Å². The fourth-order valence-electron chi connectivity index (χ4n) is 3.58. The highest BCUT2D eigenvalue weighted by Crippen LogP contribution is 2.25. The summed E-state index contributed by atoms with van der Waals surface area (Å²) in [5.74, 6) is 0.0480. The van der Waals surface area contributed by atoms with Crippen molar-refractivity contribution in [3.63, 3.8) is 0 Å². The molecule has 0 radical (unpaired) electrons. The first-order valence-corrected chi connectivity index (χ1v) is 8.82. The smallest absolute Gasteiger partial charge is 0.251 e. The standard InChI is InChI=1S/C17H23BrN2O/c18-14-6-4-5-13(11-14)17(21)19-15-9-10-20(12-15)16-7-2-1-3-8-16/h4-6,11,15-16H,1-3,7-10,12H2,(H,19,21)/t15-/m1/s1. The SMILES string of the molecule is O=C(N[C@@H]1CCN(C2CCCCC2)C1)c1cccc(Br)c1. The predicted octanol–water partition coefficient (Wildman–Crippen LogP) is 3.59. The summed E-state index contributed by atoms with van der Waals surface area (Å²) >= 11 is 3.42. The predicted molar refractivity (Wildman–Crippen MR) is 88.5 cm³/mol. The minimum Gasteiger partial charge on any atom is -0.348 e. The van der Waals surface area contributed by atoms with Crippen LogP contribution in [0.15, 0.2) is 28.7 Å². The summed E-state index contributed by atoms with van der Waals surface area (Å²) in [6.45, 7) is 2.15. The van der Waals surface area contributed by atoms with Crippen molar-refractivity contribution in [1.82, 2.24) is 10.2 Å². The zero-order valence-corrected chi connectivity index (χ0v) is 13.9. The largest absolute Gasteiger partial charge is 0.348 e. The fraction of sp³-hybridized carbons (Fsp3) is 0.588. The van der Waals surface area contributed by atoms with E-state index in [-0.39, 0.29) is 5.91 Å². The lowest BCUT2D eigenvalue weighted by atomic mass is 9.94. The van der Waals surface area contributed by atoms with Crippen molar-refractivity contribution in [2.75, 3.05) is 13.1 Å². The van der Waals surface area contributed by atoms with Crippen LogP contribution in [-0.2, 0) is 0 Å². The summed E-state index contributed by atoms with van der Waals surface area (Å²) in [4.78, 5) is 14.9. The summed E-state index contributed by atoms with van der Waals surface area (Å²) in [5.41, 5.74) is 0.737. The van der Waals surface area contributed by atoms with Gasteiger partial charge in [0.05, 0.1) is 0 Å². The lowest BCUT2D eigenvalue weighted by Gasteiger charge is -2.31. The third-order valence-electron chi connectivity index (χ3n) is 4.73. The molecule has 0 aromatic heterocycles. The van der Waals surface area contributed by atoms with Gasteiger partial charge in [0.1, 0.15) is 0 Å². The summed E-state index contributed by atoms with van der Waals surface area (Å²) < 4.78 is 0.949. The number of carbonyl (C=O) groups excluding carboxylic acids is 1. The van der Waals surface area contributed by atoms with Crippen LogP contribution in [0.4, 0.5) is 0 Å². The maximum atomic E-state index is 12.3. The van der Waals surface area contributed by atoms with Crippen LogP contribution in [-0.4, -0.2) is 36.0 Å². The molecule has 2 aliphatic rings. The highest BCUT2D eigenvalue weighted by atomic mass is 79.9. The topological polar surface area (TPSA) is 32.3 Å². The van der Waals surface area contributed by atoms with E-state index in [0.29, 0.717) is 6.04 Å². The van der Waals surface area contributed by atoms with Gasteiger partial charge in [-0.1, -0.05) is 41.3 Å². The Morgan fingerprint density at radius 2 is 2.00 bits per heavy atom. The lowest BCUT2D eigenvalue weighted by Crippen LogP contribution is -2.40. The number of rotatable bonds is 3. The first-order chi connectivity index (χ1) is 10.2.